The van der Waals surface area contributed by atoms with Crippen LogP contribution in [0.3, 0.4) is 0 Å². The smallest absolute Gasteiger partial charge is 0.0496 e. The van der Waals surface area contributed by atoms with Crippen LogP contribution in [0.25, 0.3) is 53.1 Å². The minimum atomic E-state index is 1.28. The Bertz CT molecular complexity index is 1470. The van der Waals surface area contributed by atoms with Gasteiger partial charge in [0.1, 0.15) is 0 Å². The number of aromatic nitrogens is 1. The molecule has 0 spiro atoms. The lowest BCUT2D eigenvalue weighted by atomic mass is 9.97. The van der Waals surface area contributed by atoms with E-state index in [4.69, 9.17) is 0 Å². The first-order valence-electron chi connectivity index (χ1n) is 9.20. The van der Waals surface area contributed by atoms with Gasteiger partial charge < -0.3 is 4.57 Å². The molecule has 2 aromatic heterocycles. The zero-order chi connectivity index (χ0) is 18.0. The summed E-state index contributed by atoms with van der Waals surface area (Å²) in [6.07, 6.45) is 0. The van der Waals surface area contributed by atoms with Crippen LogP contribution >= 0.6 is 11.3 Å². The Morgan fingerprint density at radius 1 is 0.593 bits per heavy atom. The van der Waals surface area contributed by atoms with E-state index in [-0.39, 0.29) is 0 Å². The molecule has 128 valence electrons. The number of hydrogen-bond donors (Lipinski definition) is 0. The Labute approximate surface area is 161 Å². The fourth-order valence-electron chi connectivity index (χ4n) is 4.42. The van der Waals surface area contributed by atoms with Gasteiger partial charge in [-0.3, -0.25) is 0 Å². The molecule has 0 saturated heterocycles. The second-order valence-corrected chi connectivity index (χ2v) is 8.14. The molecule has 0 aliphatic heterocycles. The highest BCUT2D eigenvalue weighted by molar-refractivity contribution is 7.26. The molecule has 0 aliphatic rings. The quantitative estimate of drug-likeness (QED) is 0.287. The standard InChI is InChI=1S/C25H17NS/c1-26-19-12-6-5-10-18(19)23-20(26)14-15-22-25(23)24-17(11-7-13-21(24)27-22)16-8-3-2-4-9-16/h2-15H,1H3. The van der Waals surface area contributed by atoms with Crippen LogP contribution in [0.4, 0.5) is 0 Å². The summed E-state index contributed by atoms with van der Waals surface area (Å²) in [7, 11) is 2.17. The maximum Gasteiger partial charge on any atom is 0.0496 e. The van der Waals surface area contributed by atoms with Crippen molar-refractivity contribution in [3.63, 3.8) is 0 Å². The Hall–Kier alpha value is -3.10. The summed E-state index contributed by atoms with van der Waals surface area (Å²) in [6, 6.07) is 30.7. The van der Waals surface area contributed by atoms with E-state index in [1.807, 2.05) is 11.3 Å². The number of rotatable bonds is 1. The van der Waals surface area contributed by atoms with Gasteiger partial charge in [0.05, 0.1) is 0 Å². The van der Waals surface area contributed by atoms with Crippen LogP contribution in [0.15, 0.2) is 84.9 Å². The van der Waals surface area contributed by atoms with E-state index >= 15 is 0 Å². The average Bonchev–Trinajstić information content (AvgIpc) is 3.24. The van der Waals surface area contributed by atoms with Crippen molar-refractivity contribution in [1.82, 2.24) is 4.57 Å². The maximum atomic E-state index is 2.32. The normalized spacial score (nSPS) is 11.9. The monoisotopic (exact) mass is 363 g/mol. The molecule has 0 bridgehead atoms. The van der Waals surface area contributed by atoms with E-state index in [0.717, 1.165) is 0 Å². The molecule has 6 rings (SSSR count). The van der Waals surface area contributed by atoms with Crippen molar-refractivity contribution in [2.75, 3.05) is 0 Å². The van der Waals surface area contributed by atoms with Crippen LogP contribution in [0.1, 0.15) is 0 Å². The highest BCUT2D eigenvalue weighted by Gasteiger charge is 2.17. The Kier molecular flexibility index (Phi) is 3.03. The van der Waals surface area contributed by atoms with Crippen molar-refractivity contribution in [3.8, 4) is 11.1 Å². The highest BCUT2D eigenvalue weighted by Crippen LogP contribution is 2.45. The second kappa shape index (κ2) is 5.45. The molecular formula is C25H17NS. The Morgan fingerprint density at radius 2 is 1.37 bits per heavy atom. The van der Waals surface area contributed by atoms with E-state index < -0.39 is 0 Å². The minimum absolute atomic E-state index is 1.28. The number of para-hydroxylation sites is 1. The molecular weight excluding hydrogens is 346 g/mol. The van der Waals surface area contributed by atoms with Gasteiger partial charge in [-0.05, 0) is 35.4 Å². The summed E-state index contributed by atoms with van der Waals surface area (Å²) in [5.74, 6) is 0. The number of thiophene rings is 1. The SMILES string of the molecule is Cn1c2ccccc2c2c3c(ccc21)sc1cccc(-c2ccccc2)c13. The lowest BCUT2D eigenvalue weighted by molar-refractivity contribution is 1.01. The first-order chi connectivity index (χ1) is 13.3. The first kappa shape index (κ1) is 15.0. The van der Waals surface area contributed by atoms with Crippen molar-refractivity contribution in [2.24, 2.45) is 7.05 Å². The molecule has 2 heterocycles. The van der Waals surface area contributed by atoms with Crippen LogP contribution < -0.4 is 0 Å². The van der Waals surface area contributed by atoms with Crippen molar-refractivity contribution in [3.05, 3.63) is 84.9 Å². The van der Waals surface area contributed by atoms with E-state index in [1.165, 1.54) is 53.1 Å². The van der Waals surface area contributed by atoms with Gasteiger partial charge in [0.25, 0.3) is 0 Å². The number of nitrogens with zero attached hydrogens (tertiary/aromatic N) is 1. The lowest BCUT2D eigenvalue weighted by Gasteiger charge is -2.05. The van der Waals surface area contributed by atoms with Crippen LogP contribution in [-0.2, 0) is 7.05 Å². The van der Waals surface area contributed by atoms with Crippen molar-refractivity contribution in [1.29, 1.82) is 0 Å². The zero-order valence-corrected chi connectivity index (χ0v) is 15.8. The molecule has 0 amide bonds. The average molecular weight is 363 g/mol. The fraction of sp³-hybridized carbons (Fsp3) is 0.0400. The Morgan fingerprint density at radius 3 is 2.26 bits per heavy atom. The van der Waals surface area contributed by atoms with Crippen LogP contribution in [0.2, 0.25) is 0 Å². The van der Waals surface area contributed by atoms with Gasteiger partial charge in [0, 0.05) is 49.0 Å². The third-order valence-corrected chi connectivity index (χ3v) is 6.74. The van der Waals surface area contributed by atoms with Gasteiger partial charge in [0.15, 0.2) is 0 Å². The molecule has 0 atom stereocenters. The molecule has 2 heteroatoms. The Balaban J connectivity index is 1.91. The van der Waals surface area contributed by atoms with Crippen molar-refractivity contribution < 1.29 is 0 Å². The lowest BCUT2D eigenvalue weighted by Crippen LogP contribution is -1.85. The molecule has 27 heavy (non-hydrogen) atoms. The van der Waals surface area contributed by atoms with Gasteiger partial charge in [0.2, 0.25) is 0 Å². The number of aryl methyl sites for hydroxylation is 1. The largest absolute Gasteiger partial charge is 0.344 e. The predicted octanol–water partition coefficient (Wildman–Crippen LogP) is 7.37. The molecule has 0 aliphatic carbocycles. The zero-order valence-electron chi connectivity index (χ0n) is 14.9. The van der Waals surface area contributed by atoms with Gasteiger partial charge in [-0.2, -0.15) is 0 Å². The number of benzene rings is 4. The van der Waals surface area contributed by atoms with Crippen LogP contribution in [0, 0.1) is 0 Å². The van der Waals surface area contributed by atoms with Gasteiger partial charge in [-0.25, -0.2) is 0 Å². The number of fused-ring (bicyclic) bond motifs is 7. The third-order valence-electron chi connectivity index (χ3n) is 5.62. The van der Waals surface area contributed by atoms with Gasteiger partial charge >= 0.3 is 0 Å². The van der Waals surface area contributed by atoms with E-state index in [9.17, 15) is 0 Å². The van der Waals surface area contributed by atoms with E-state index in [1.54, 1.807) is 0 Å². The molecule has 0 fully saturated rings. The summed E-state index contributed by atoms with van der Waals surface area (Å²) < 4.78 is 5.03. The maximum absolute atomic E-state index is 2.32. The number of hydrogen-bond acceptors (Lipinski definition) is 1. The first-order valence-corrected chi connectivity index (χ1v) is 10.0. The van der Waals surface area contributed by atoms with Crippen LogP contribution in [0.5, 0.6) is 0 Å². The van der Waals surface area contributed by atoms with E-state index in [0.29, 0.717) is 0 Å². The summed E-state index contributed by atoms with van der Waals surface area (Å²) in [5, 5.41) is 5.48. The van der Waals surface area contributed by atoms with E-state index in [2.05, 4.69) is 96.5 Å². The third kappa shape index (κ3) is 1.99. The van der Waals surface area contributed by atoms with Crippen molar-refractivity contribution in [2.45, 2.75) is 0 Å². The summed E-state index contributed by atoms with van der Waals surface area (Å²) in [5.41, 5.74) is 5.18. The molecule has 0 N–H and O–H groups in total. The summed E-state index contributed by atoms with van der Waals surface area (Å²) in [6.45, 7) is 0. The van der Waals surface area contributed by atoms with Gasteiger partial charge in [-0.1, -0.05) is 60.7 Å². The summed E-state index contributed by atoms with van der Waals surface area (Å²) in [4.78, 5) is 0. The fourth-order valence-corrected chi connectivity index (χ4v) is 5.56. The highest BCUT2D eigenvalue weighted by atomic mass is 32.1. The minimum Gasteiger partial charge on any atom is -0.344 e. The summed E-state index contributed by atoms with van der Waals surface area (Å²) >= 11 is 1.89. The van der Waals surface area contributed by atoms with Crippen molar-refractivity contribution >= 4 is 53.3 Å². The molecule has 0 unspecified atom stereocenters. The van der Waals surface area contributed by atoms with Gasteiger partial charge in [-0.15, -0.1) is 11.3 Å². The molecule has 1 nitrogen and oxygen atoms in total. The predicted molar refractivity (Wildman–Crippen MR) is 119 cm³/mol. The molecule has 0 radical (unpaired) electrons. The second-order valence-electron chi connectivity index (χ2n) is 7.06. The molecule has 0 saturated carbocycles. The molecule has 6 aromatic rings. The van der Waals surface area contributed by atoms with Crippen LogP contribution in [-0.4, -0.2) is 4.57 Å². The molecule has 4 aromatic carbocycles. The topological polar surface area (TPSA) is 4.93 Å².